The minimum absolute atomic E-state index is 0.0790. The van der Waals surface area contributed by atoms with Crippen molar-refractivity contribution in [2.75, 3.05) is 6.61 Å². The van der Waals surface area contributed by atoms with E-state index in [0.29, 0.717) is 11.6 Å². The third kappa shape index (κ3) is 3.35. The number of halogens is 2. The van der Waals surface area contributed by atoms with Crippen LogP contribution >= 0.6 is 23.2 Å². The van der Waals surface area contributed by atoms with Gasteiger partial charge in [-0.1, -0.05) is 41.4 Å². The second kappa shape index (κ2) is 6.61. The predicted molar refractivity (Wildman–Crippen MR) is 82.4 cm³/mol. The molecule has 20 heavy (non-hydrogen) atoms. The number of aliphatic hydroxyl groups is 1. The molecule has 1 atom stereocenters. The van der Waals surface area contributed by atoms with E-state index in [4.69, 9.17) is 23.2 Å². The third-order valence-corrected chi connectivity index (χ3v) is 4.33. The van der Waals surface area contributed by atoms with Crippen molar-refractivity contribution in [1.82, 2.24) is 9.78 Å². The van der Waals surface area contributed by atoms with Crippen LogP contribution in [0.15, 0.2) is 24.3 Å². The first-order valence-electron chi connectivity index (χ1n) is 6.55. The molecule has 0 aliphatic carbocycles. The maximum absolute atomic E-state index is 9.61. The molecule has 1 heterocycles. The van der Waals surface area contributed by atoms with Gasteiger partial charge in [-0.25, -0.2) is 0 Å². The van der Waals surface area contributed by atoms with E-state index < -0.39 is 0 Å². The van der Waals surface area contributed by atoms with E-state index >= 15 is 0 Å². The lowest BCUT2D eigenvalue weighted by molar-refractivity contribution is 0.225. The summed E-state index contributed by atoms with van der Waals surface area (Å²) in [5.74, 6) is 0.0790. The van der Waals surface area contributed by atoms with Gasteiger partial charge in [0.15, 0.2) is 0 Å². The molecule has 0 aliphatic heterocycles. The molecule has 5 heteroatoms. The van der Waals surface area contributed by atoms with Crippen molar-refractivity contribution in [3.05, 3.63) is 51.3 Å². The monoisotopic (exact) mass is 312 g/mol. The Morgan fingerprint density at radius 3 is 2.50 bits per heavy atom. The Kier molecular flexibility index (Phi) is 5.08. The Labute approximate surface area is 129 Å². The fourth-order valence-electron chi connectivity index (χ4n) is 2.37. The van der Waals surface area contributed by atoms with Crippen LogP contribution in [0.4, 0.5) is 0 Å². The molecule has 0 aliphatic rings. The van der Waals surface area contributed by atoms with Crippen LogP contribution in [0.1, 0.15) is 16.8 Å². The van der Waals surface area contributed by atoms with Gasteiger partial charge in [-0.15, -0.1) is 0 Å². The van der Waals surface area contributed by atoms with Crippen LogP contribution < -0.4 is 0 Å². The average Bonchev–Trinajstić information content (AvgIpc) is 2.66. The Bertz CT molecular complexity index is 596. The number of benzene rings is 1. The molecule has 0 radical (unpaired) electrons. The summed E-state index contributed by atoms with van der Waals surface area (Å²) in [5, 5.41) is 15.3. The molecular weight excluding hydrogens is 295 g/mol. The highest BCUT2D eigenvalue weighted by molar-refractivity contribution is 6.31. The molecule has 1 aromatic heterocycles. The van der Waals surface area contributed by atoms with Gasteiger partial charge in [0.25, 0.3) is 0 Å². The highest BCUT2D eigenvalue weighted by atomic mass is 35.5. The largest absolute Gasteiger partial charge is 0.396 e. The summed E-state index contributed by atoms with van der Waals surface area (Å²) in [6.45, 7) is 2.03. The summed E-state index contributed by atoms with van der Waals surface area (Å²) in [7, 11) is 1.82. The lowest BCUT2D eigenvalue weighted by atomic mass is 9.93. The molecule has 2 aromatic rings. The lowest BCUT2D eigenvalue weighted by Crippen LogP contribution is -2.13. The molecule has 0 bridgehead atoms. The summed E-state index contributed by atoms with van der Waals surface area (Å²) in [6, 6.07) is 7.72. The van der Waals surface area contributed by atoms with Crippen molar-refractivity contribution in [1.29, 1.82) is 0 Å². The van der Waals surface area contributed by atoms with Gasteiger partial charge in [0.05, 0.1) is 5.69 Å². The van der Waals surface area contributed by atoms with Crippen LogP contribution in [-0.2, 0) is 19.9 Å². The second-order valence-electron chi connectivity index (χ2n) is 5.03. The molecule has 0 saturated carbocycles. The molecule has 0 saturated heterocycles. The zero-order chi connectivity index (χ0) is 14.7. The van der Waals surface area contributed by atoms with Crippen LogP contribution in [0.3, 0.4) is 0 Å². The number of aryl methyl sites for hydroxylation is 2. The molecule has 1 aromatic carbocycles. The molecule has 0 amide bonds. The number of rotatable bonds is 5. The minimum atomic E-state index is 0.0790. The lowest BCUT2D eigenvalue weighted by Gasteiger charge is -2.15. The van der Waals surface area contributed by atoms with Gasteiger partial charge in [0, 0.05) is 24.2 Å². The van der Waals surface area contributed by atoms with Crippen LogP contribution in [0.25, 0.3) is 0 Å². The summed E-state index contributed by atoms with van der Waals surface area (Å²) in [5.41, 5.74) is 2.96. The van der Waals surface area contributed by atoms with Crippen molar-refractivity contribution in [3.63, 3.8) is 0 Å². The second-order valence-corrected chi connectivity index (χ2v) is 5.79. The van der Waals surface area contributed by atoms with E-state index in [-0.39, 0.29) is 12.5 Å². The van der Waals surface area contributed by atoms with Crippen molar-refractivity contribution in [2.45, 2.75) is 19.8 Å². The van der Waals surface area contributed by atoms with E-state index in [1.807, 2.05) is 38.2 Å². The molecule has 0 spiro atoms. The van der Waals surface area contributed by atoms with Crippen molar-refractivity contribution < 1.29 is 5.11 Å². The molecule has 0 fully saturated rings. The molecule has 108 valence electrons. The molecule has 3 nitrogen and oxygen atoms in total. The highest BCUT2D eigenvalue weighted by Crippen LogP contribution is 2.25. The van der Waals surface area contributed by atoms with Crippen molar-refractivity contribution in [2.24, 2.45) is 13.0 Å². The number of aromatic nitrogens is 2. The van der Waals surface area contributed by atoms with Gasteiger partial charge in [-0.3, -0.25) is 4.68 Å². The number of hydrogen-bond donors (Lipinski definition) is 1. The van der Waals surface area contributed by atoms with Crippen molar-refractivity contribution >= 4 is 23.2 Å². The van der Waals surface area contributed by atoms with Crippen LogP contribution in [0, 0.1) is 12.8 Å². The van der Waals surface area contributed by atoms with E-state index in [2.05, 4.69) is 5.10 Å². The average molecular weight is 313 g/mol. The number of hydrogen-bond acceptors (Lipinski definition) is 2. The molecular formula is C15H18Cl2N2O. The maximum atomic E-state index is 9.61. The van der Waals surface area contributed by atoms with Crippen molar-refractivity contribution in [3.8, 4) is 0 Å². The van der Waals surface area contributed by atoms with E-state index in [9.17, 15) is 5.11 Å². The fraction of sp³-hybridized carbons (Fsp3) is 0.400. The molecule has 1 unspecified atom stereocenters. The van der Waals surface area contributed by atoms with E-state index in [1.54, 1.807) is 4.68 Å². The number of nitrogens with zero attached hydrogens (tertiary/aromatic N) is 2. The zero-order valence-corrected chi connectivity index (χ0v) is 13.1. The van der Waals surface area contributed by atoms with Gasteiger partial charge < -0.3 is 5.11 Å². The topological polar surface area (TPSA) is 38.0 Å². The van der Waals surface area contributed by atoms with E-state index in [1.165, 1.54) is 0 Å². The van der Waals surface area contributed by atoms with E-state index in [0.717, 1.165) is 28.3 Å². The molecule has 2 rings (SSSR count). The predicted octanol–water partition coefficient (Wildman–Crippen LogP) is 3.43. The van der Waals surface area contributed by atoms with Crippen LogP contribution in [-0.4, -0.2) is 21.5 Å². The highest BCUT2D eigenvalue weighted by Gasteiger charge is 2.18. The van der Waals surface area contributed by atoms with Gasteiger partial charge in [0.2, 0.25) is 0 Å². The maximum Gasteiger partial charge on any atom is 0.130 e. The SMILES string of the molecule is Cc1nn(C)c(Cl)c1CC(CO)Cc1ccccc1Cl. The first-order chi connectivity index (χ1) is 9.52. The summed E-state index contributed by atoms with van der Waals surface area (Å²) in [6.07, 6.45) is 1.42. The Hall–Kier alpha value is -1.03. The zero-order valence-electron chi connectivity index (χ0n) is 11.6. The first kappa shape index (κ1) is 15.4. The van der Waals surface area contributed by atoms with Gasteiger partial charge >= 0.3 is 0 Å². The normalized spacial score (nSPS) is 12.7. The molecule has 1 N–H and O–H groups in total. The smallest absolute Gasteiger partial charge is 0.130 e. The summed E-state index contributed by atoms with van der Waals surface area (Å²) < 4.78 is 1.66. The number of aliphatic hydroxyl groups excluding tert-OH is 1. The van der Waals surface area contributed by atoms with Crippen LogP contribution in [0.5, 0.6) is 0 Å². The summed E-state index contributed by atoms with van der Waals surface area (Å²) in [4.78, 5) is 0. The summed E-state index contributed by atoms with van der Waals surface area (Å²) >= 11 is 12.4. The van der Waals surface area contributed by atoms with Gasteiger partial charge in [-0.2, -0.15) is 5.10 Å². The minimum Gasteiger partial charge on any atom is -0.396 e. The van der Waals surface area contributed by atoms with Gasteiger partial charge in [0.1, 0.15) is 5.15 Å². The Balaban J connectivity index is 2.15. The first-order valence-corrected chi connectivity index (χ1v) is 7.30. The van der Waals surface area contributed by atoms with Crippen LogP contribution in [0.2, 0.25) is 10.2 Å². The third-order valence-electron chi connectivity index (χ3n) is 3.49. The fourth-order valence-corrected chi connectivity index (χ4v) is 2.84. The Morgan fingerprint density at radius 1 is 1.25 bits per heavy atom. The Morgan fingerprint density at radius 2 is 1.95 bits per heavy atom. The quantitative estimate of drug-likeness (QED) is 0.918. The standard InChI is InChI=1S/C15H18Cl2N2O/c1-10-13(15(17)19(2)18-10)8-11(9-20)7-12-5-3-4-6-14(12)16/h3-6,11,20H,7-9H2,1-2H3. The van der Waals surface area contributed by atoms with Gasteiger partial charge in [-0.05, 0) is 37.3 Å².